The predicted molar refractivity (Wildman–Crippen MR) is 72.7 cm³/mol. The van der Waals surface area contributed by atoms with Crippen LogP contribution < -0.4 is 0 Å². The molecule has 1 aromatic rings. The zero-order valence-corrected chi connectivity index (χ0v) is 12.0. The van der Waals surface area contributed by atoms with Gasteiger partial charge >= 0.3 is 0 Å². The predicted octanol–water partition coefficient (Wildman–Crippen LogP) is 3.26. The highest BCUT2D eigenvalue weighted by Crippen LogP contribution is 2.31. The van der Waals surface area contributed by atoms with Crippen LogP contribution in [0.4, 0.5) is 0 Å². The number of hydrogen-bond acceptors (Lipinski definition) is 5. The van der Waals surface area contributed by atoms with Crippen molar-refractivity contribution < 1.29 is 9.47 Å². The highest BCUT2D eigenvalue weighted by molar-refractivity contribution is 7.99. The van der Waals surface area contributed by atoms with Gasteiger partial charge in [-0.1, -0.05) is 6.92 Å². The van der Waals surface area contributed by atoms with Gasteiger partial charge in [0.1, 0.15) is 11.1 Å². The van der Waals surface area contributed by atoms with Gasteiger partial charge in [0.05, 0.1) is 12.3 Å². The zero-order chi connectivity index (χ0) is 12.1. The van der Waals surface area contributed by atoms with E-state index in [-0.39, 0.29) is 6.10 Å². The maximum atomic E-state index is 5.64. The van der Waals surface area contributed by atoms with Gasteiger partial charge in [-0.3, -0.25) is 0 Å². The number of nitrogens with zero attached hydrogens (tertiary/aromatic N) is 1. The maximum absolute atomic E-state index is 5.64. The van der Waals surface area contributed by atoms with E-state index in [1.54, 1.807) is 18.4 Å². The van der Waals surface area contributed by atoms with Crippen molar-refractivity contribution in [3.05, 3.63) is 16.1 Å². The fraction of sp³-hybridized carbons (Fsp3) is 0.750. The third-order valence-electron chi connectivity index (χ3n) is 2.69. The SMILES string of the molecule is COC[C@@H](C)SCc1csc([C@@H]2CCCO2)n1. The van der Waals surface area contributed by atoms with Gasteiger partial charge in [-0.25, -0.2) is 4.98 Å². The maximum Gasteiger partial charge on any atom is 0.122 e. The molecule has 1 saturated heterocycles. The van der Waals surface area contributed by atoms with Crippen LogP contribution in [0.5, 0.6) is 0 Å². The summed E-state index contributed by atoms with van der Waals surface area (Å²) in [5.41, 5.74) is 1.17. The normalized spacial score (nSPS) is 21.9. The number of thiazole rings is 1. The molecule has 96 valence electrons. The van der Waals surface area contributed by atoms with Crippen LogP contribution in [0, 0.1) is 0 Å². The molecule has 1 fully saturated rings. The molecule has 2 atom stereocenters. The Morgan fingerprint density at radius 1 is 1.71 bits per heavy atom. The van der Waals surface area contributed by atoms with Gasteiger partial charge in [0, 0.05) is 30.1 Å². The minimum Gasteiger partial charge on any atom is -0.384 e. The lowest BCUT2D eigenvalue weighted by Crippen LogP contribution is -2.05. The molecule has 17 heavy (non-hydrogen) atoms. The van der Waals surface area contributed by atoms with E-state index in [0.717, 1.165) is 30.4 Å². The molecule has 1 aliphatic heterocycles. The first-order valence-electron chi connectivity index (χ1n) is 5.96. The molecule has 0 radical (unpaired) electrons. The number of ether oxygens (including phenoxy) is 2. The van der Waals surface area contributed by atoms with Crippen LogP contribution in [0.1, 0.15) is 36.6 Å². The lowest BCUT2D eigenvalue weighted by Gasteiger charge is -2.08. The summed E-state index contributed by atoms with van der Waals surface area (Å²) in [4.78, 5) is 4.66. The molecule has 0 aliphatic carbocycles. The van der Waals surface area contributed by atoms with Crippen molar-refractivity contribution >= 4 is 23.1 Å². The van der Waals surface area contributed by atoms with Crippen molar-refractivity contribution in [2.75, 3.05) is 20.3 Å². The van der Waals surface area contributed by atoms with Crippen molar-refractivity contribution in [3.63, 3.8) is 0 Å². The molecule has 0 amide bonds. The molecule has 2 rings (SSSR count). The number of aromatic nitrogens is 1. The first kappa shape index (κ1) is 13.3. The van der Waals surface area contributed by atoms with Crippen LogP contribution in [0.25, 0.3) is 0 Å². The average Bonchev–Trinajstić information content (AvgIpc) is 2.97. The van der Waals surface area contributed by atoms with Crippen LogP contribution >= 0.6 is 23.1 Å². The Balaban J connectivity index is 1.81. The summed E-state index contributed by atoms with van der Waals surface area (Å²) >= 11 is 3.62. The summed E-state index contributed by atoms with van der Waals surface area (Å²) in [6.07, 6.45) is 2.55. The molecule has 1 aromatic heterocycles. The van der Waals surface area contributed by atoms with Gasteiger partial charge in [0.15, 0.2) is 0 Å². The Bertz CT molecular complexity index is 337. The highest BCUT2D eigenvalue weighted by Gasteiger charge is 2.20. The molecule has 1 aliphatic rings. The average molecular weight is 273 g/mol. The molecule has 0 spiro atoms. The van der Waals surface area contributed by atoms with E-state index in [4.69, 9.17) is 9.47 Å². The molecule has 0 saturated carbocycles. The standard InChI is InChI=1S/C12H19NO2S2/c1-9(6-14-2)16-7-10-8-17-12(13-10)11-4-3-5-15-11/h8-9,11H,3-7H2,1-2H3/t9-,11+/m1/s1. The summed E-state index contributed by atoms with van der Waals surface area (Å²) in [6.45, 7) is 3.87. The van der Waals surface area contributed by atoms with Gasteiger partial charge in [0.25, 0.3) is 0 Å². The third-order valence-corrected chi connectivity index (χ3v) is 4.84. The Morgan fingerprint density at radius 2 is 2.59 bits per heavy atom. The second-order valence-corrected chi connectivity index (χ2v) is 6.57. The van der Waals surface area contributed by atoms with Crippen molar-refractivity contribution in [2.24, 2.45) is 0 Å². The monoisotopic (exact) mass is 273 g/mol. The summed E-state index contributed by atoms with van der Waals surface area (Å²) in [5, 5.41) is 3.83. The summed E-state index contributed by atoms with van der Waals surface area (Å²) in [5.74, 6) is 0.966. The van der Waals surface area contributed by atoms with E-state index in [9.17, 15) is 0 Å². The summed E-state index contributed by atoms with van der Waals surface area (Å²) in [6, 6.07) is 0. The lowest BCUT2D eigenvalue weighted by atomic mass is 10.2. The Hall–Kier alpha value is -0.100. The largest absolute Gasteiger partial charge is 0.384 e. The van der Waals surface area contributed by atoms with E-state index < -0.39 is 0 Å². The lowest BCUT2D eigenvalue weighted by molar-refractivity contribution is 0.111. The topological polar surface area (TPSA) is 31.4 Å². The number of thioether (sulfide) groups is 1. The Labute approximate surface area is 111 Å². The van der Waals surface area contributed by atoms with Crippen molar-refractivity contribution in [2.45, 2.75) is 36.9 Å². The van der Waals surface area contributed by atoms with E-state index in [0.29, 0.717) is 5.25 Å². The molecule has 0 N–H and O–H groups in total. The number of rotatable bonds is 6. The first-order chi connectivity index (χ1) is 8.29. The smallest absolute Gasteiger partial charge is 0.122 e. The van der Waals surface area contributed by atoms with Crippen LogP contribution in [0.3, 0.4) is 0 Å². The minimum absolute atomic E-state index is 0.259. The van der Waals surface area contributed by atoms with Gasteiger partial charge in [-0.05, 0) is 12.8 Å². The summed E-state index contributed by atoms with van der Waals surface area (Å²) in [7, 11) is 1.75. The number of methoxy groups -OCH3 is 1. The minimum atomic E-state index is 0.259. The molecular formula is C12H19NO2S2. The molecular weight excluding hydrogens is 254 g/mol. The molecule has 0 bridgehead atoms. The van der Waals surface area contributed by atoms with Gasteiger partial charge in [-0.2, -0.15) is 0 Å². The Morgan fingerprint density at radius 3 is 3.29 bits per heavy atom. The highest BCUT2D eigenvalue weighted by atomic mass is 32.2. The van der Waals surface area contributed by atoms with Crippen LogP contribution in [-0.4, -0.2) is 30.6 Å². The molecule has 3 nitrogen and oxygen atoms in total. The fourth-order valence-corrected chi connectivity index (χ4v) is 3.66. The Kier molecular flexibility index (Phi) is 5.28. The van der Waals surface area contributed by atoms with Gasteiger partial charge < -0.3 is 9.47 Å². The van der Waals surface area contributed by atoms with Crippen molar-refractivity contribution in [3.8, 4) is 0 Å². The number of hydrogen-bond donors (Lipinski definition) is 0. The zero-order valence-electron chi connectivity index (χ0n) is 10.3. The second-order valence-electron chi connectivity index (χ2n) is 4.26. The van der Waals surface area contributed by atoms with E-state index in [2.05, 4.69) is 17.3 Å². The fourth-order valence-electron chi connectivity index (χ4n) is 1.82. The van der Waals surface area contributed by atoms with Crippen molar-refractivity contribution in [1.82, 2.24) is 4.98 Å². The van der Waals surface area contributed by atoms with Crippen LogP contribution in [-0.2, 0) is 15.2 Å². The summed E-state index contributed by atoms with van der Waals surface area (Å²) < 4.78 is 10.8. The quantitative estimate of drug-likeness (QED) is 0.796. The van der Waals surface area contributed by atoms with E-state index >= 15 is 0 Å². The molecule has 2 heterocycles. The first-order valence-corrected chi connectivity index (χ1v) is 7.89. The molecule has 0 unspecified atom stereocenters. The third kappa shape index (κ3) is 3.95. The van der Waals surface area contributed by atoms with Crippen molar-refractivity contribution in [1.29, 1.82) is 0 Å². The second kappa shape index (κ2) is 6.73. The molecule has 0 aromatic carbocycles. The van der Waals surface area contributed by atoms with Gasteiger partial charge in [0.2, 0.25) is 0 Å². The van der Waals surface area contributed by atoms with E-state index in [1.165, 1.54) is 12.1 Å². The van der Waals surface area contributed by atoms with Gasteiger partial charge in [-0.15, -0.1) is 23.1 Å². The van der Waals surface area contributed by atoms with Crippen LogP contribution in [0.2, 0.25) is 0 Å². The molecule has 5 heteroatoms. The van der Waals surface area contributed by atoms with Crippen LogP contribution in [0.15, 0.2) is 5.38 Å². The van der Waals surface area contributed by atoms with E-state index in [1.807, 2.05) is 11.8 Å².